The Morgan fingerprint density at radius 1 is 1.62 bits per heavy atom. The third-order valence-electron chi connectivity index (χ3n) is 3.39. The van der Waals surface area contributed by atoms with Crippen LogP contribution in [0.2, 0.25) is 0 Å². The number of aryl methyl sites for hydroxylation is 1. The van der Waals surface area contributed by atoms with Crippen LogP contribution in [0.4, 0.5) is 0 Å². The van der Waals surface area contributed by atoms with Gasteiger partial charge in [0.2, 0.25) is 5.89 Å². The number of hydrogen-bond donors (Lipinski definition) is 1. The highest BCUT2D eigenvalue weighted by molar-refractivity contribution is 4.92. The van der Waals surface area contributed by atoms with Gasteiger partial charge in [-0.2, -0.15) is 0 Å². The number of oxazole rings is 1. The third-order valence-corrected chi connectivity index (χ3v) is 3.39. The standard InChI is InChI=1S/C12H21N3O/c1-9-7-15(5-4-11(9)13-3)8-12-14-6-10(2)16-12/h6,9,11,13H,4-5,7-8H2,1-3H3. The van der Waals surface area contributed by atoms with Crippen LogP contribution in [-0.2, 0) is 6.54 Å². The van der Waals surface area contributed by atoms with E-state index in [0.717, 1.165) is 31.3 Å². The summed E-state index contributed by atoms with van der Waals surface area (Å²) in [5.74, 6) is 2.43. The van der Waals surface area contributed by atoms with Gasteiger partial charge in [-0.05, 0) is 26.3 Å². The summed E-state index contributed by atoms with van der Waals surface area (Å²) in [5, 5.41) is 3.38. The highest BCUT2D eigenvalue weighted by Crippen LogP contribution is 2.18. The summed E-state index contributed by atoms with van der Waals surface area (Å²) in [5.41, 5.74) is 0. The quantitative estimate of drug-likeness (QED) is 0.841. The van der Waals surface area contributed by atoms with Crippen LogP contribution in [0.3, 0.4) is 0 Å². The number of nitrogens with one attached hydrogen (secondary N) is 1. The van der Waals surface area contributed by atoms with Crippen LogP contribution < -0.4 is 5.32 Å². The van der Waals surface area contributed by atoms with Crippen LogP contribution in [0.25, 0.3) is 0 Å². The van der Waals surface area contributed by atoms with Crippen LogP contribution in [-0.4, -0.2) is 36.1 Å². The number of hydrogen-bond acceptors (Lipinski definition) is 4. The van der Waals surface area contributed by atoms with Gasteiger partial charge >= 0.3 is 0 Å². The SMILES string of the molecule is CNC1CCN(Cc2ncc(C)o2)CC1C. The Morgan fingerprint density at radius 2 is 2.44 bits per heavy atom. The lowest BCUT2D eigenvalue weighted by Crippen LogP contribution is -2.46. The van der Waals surface area contributed by atoms with Crippen LogP contribution in [0.5, 0.6) is 0 Å². The topological polar surface area (TPSA) is 41.3 Å². The minimum atomic E-state index is 0.655. The van der Waals surface area contributed by atoms with E-state index in [0.29, 0.717) is 12.0 Å². The zero-order valence-electron chi connectivity index (χ0n) is 10.4. The normalized spacial score (nSPS) is 27.2. The Labute approximate surface area is 97.0 Å². The molecule has 0 saturated carbocycles. The largest absolute Gasteiger partial charge is 0.445 e. The Balaban J connectivity index is 1.88. The number of likely N-dealkylation sites (tertiary alicyclic amines) is 1. The first-order valence-corrected chi connectivity index (χ1v) is 6.00. The molecule has 16 heavy (non-hydrogen) atoms. The molecule has 1 saturated heterocycles. The monoisotopic (exact) mass is 223 g/mol. The molecule has 0 aliphatic carbocycles. The van der Waals surface area contributed by atoms with E-state index in [1.54, 1.807) is 6.20 Å². The molecule has 1 fully saturated rings. The molecule has 1 aromatic rings. The van der Waals surface area contributed by atoms with Crippen molar-refractivity contribution >= 4 is 0 Å². The van der Waals surface area contributed by atoms with Gasteiger partial charge in [-0.3, -0.25) is 4.90 Å². The fourth-order valence-electron chi connectivity index (χ4n) is 2.47. The van der Waals surface area contributed by atoms with Gasteiger partial charge < -0.3 is 9.73 Å². The lowest BCUT2D eigenvalue weighted by atomic mass is 9.94. The van der Waals surface area contributed by atoms with Crippen LogP contribution in [0.1, 0.15) is 25.0 Å². The van der Waals surface area contributed by atoms with Gasteiger partial charge in [0.15, 0.2) is 0 Å². The smallest absolute Gasteiger partial charge is 0.208 e. The number of aromatic nitrogens is 1. The highest BCUT2D eigenvalue weighted by Gasteiger charge is 2.25. The summed E-state index contributed by atoms with van der Waals surface area (Å²) in [6.07, 6.45) is 3.00. The zero-order chi connectivity index (χ0) is 11.5. The van der Waals surface area contributed by atoms with Crippen molar-refractivity contribution in [1.29, 1.82) is 0 Å². The van der Waals surface area contributed by atoms with Crippen LogP contribution in [0.15, 0.2) is 10.6 Å². The minimum Gasteiger partial charge on any atom is -0.445 e. The third kappa shape index (κ3) is 2.62. The molecule has 0 bridgehead atoms. The van der Waals surface area contributed by atoms with Crippen molar-refractivity contribution in [2.24, 2.45) is 5.92 Å². The average Bonchev–Trinajstić information content (AvgIpc) is 2.64. The zero-order valence-corrected chi connectivity index (χ0v) is 10.4. The van der Waals surface area contributed by atoms with Crippen LogP contribution in [0, 0.1) is 12.8 Å². The number of nitrogens with zero attached hydrogens (tertiary/aromatic N) is 2. The molecule has 2 unspecified atom stereocenters. The van der Waals surface area contributed by atoms with Crippen molar-refractivity contribution in [2.45, 2.75) is 32.9 Å². The van der Waals surface area contributed by atoms with Gasteiger partial charge in [-0.1, -0.05) is 6.92 Å². The van der Waals surface area contributed by atoms with E-state index in [1.807, 2.05) is 14.0 Å². The molecule has 1 aliphatic rings. The van der Waals surface area contributed by atoms with E-state index in [-0.39, 0.29) is 0 Å². The fourth-order valence-corrected chi connectivity index (χ4v) is 2.47. The molecule has 2 rings (SSSR count). The molecule has 90 valence electrons. The van der Waals surface area contributed by atoms with Gasteiger partial charge in [-0.25, -0.2) is 4.98 Å². The molecule has 1 N–H and O–H groups in total. The van der Waals surface area contributed by atoms with Crippen molar-refractivity contribution < 1.29 is 4.42 Å². The van der Waals surface area contributed by atoms with Crippen molar-refractivity contribution in [3.8, 4) is 0 Å². The molecule has 0 radical (unpaired) electrons. The van der Waals surface area contributed by atoms with Gasteiger partial charge in [0.25, 0.3) is 0 Å². The molecule has 0 aromatic carbocycles. The maximum Gasteiger partial charge on any atom is 0.208 e. The van der Waals surface area contributed by atoms with Gasteiger partial charge in [0.05, 0.1) is 12.7 Å². The van der Waals surface area contributed by atoms with Gasteiger partial charge in [-0.15, -0.1) is 0 Å². The Morgan fingerprint density at radius 3 is 3.00 bits per heavy atom. The van der Waals surface area contributed by atoms with E-state index in [9.17, 15) is 0 Å². The van der Waals surface area contributed by atoms with E-state index in [1.165, 1.54) is 6.42 Å². The lowest BCUT2D eigenvalue weighted by Gasteiger charge is -2.36. The van der Waals surface area contributed by atoms with Crippen molar-refractivity contribution in [1.82, 2.24) is 15.2 Å². The summed E-state index contributed by atoms with van der Waals surface area (Å²) in [6.45, 7) is 7.32. The molecule has 4 nitrogen and oxygen atoms in total. The Hall–Kier alpha value is -0.870. The van der Waals surface area contributed by atoms with Crippen molar-refractivity contribution in [2.75, 3.05) is 20.1 Å². The summed E-state index contributed by atoms with van der Waals surface area (Å²) in [7, 11) is 2.05. The molecule has 0 amide bonds. The first-order valence-electron chi connectivity index (χ1n) is 6.00. The summed E-state index contributed by atoms with van der Waals surface area (Å²) in [4.78, 5) is 6.67. The maximum absolute atomic E-state index is 5.51. The van der Waals surface area contributed by atoms with Gasteiger partial charge in [0, 0.05) is 19.1 Å². The number of rotatable bonds is 3. The lowest BCUT2D eigenvalue weighted by molar-refractivity contribution is 0.134. The molecule has 2 atom stereocenters. The molecule has 2 heterocycles. The van der Waals surface area contributed by atoms with Crippen molar-refractivity contribution in [3.63, 3.8) is 0 Å². The molecule has 1 aromatic heterocycles. The molecule has 0 spiro atoms. The number of piperidine rings is 1. The van der Waals surface area contributed by atoms with E-state index in [4.69, 9.17) is 4.42 Å². The maximum atomic E-state index is 5.51. The van der Waals surface area contributed by atoms with E-state index < -0.39 is 0 Å². The summed E-state index contributed by atoms with van der Waals surface area (Å²) < 4.78 is 5.51. The predicted octanol–water partition coefficient (Wildman–Crippen LogP) is 1.41. The molecular weight excluding hydrogens is 202 g/mol. The summed E-state index contributed by atoms with van der Waals surface area (Å²) >= 11 is 0. The summed E-state index contributed by atoms with van der Waals surface area (Å²) in [6, 6.07) is 0.655. The minimum absolute atomic E-state index is 0.655. The molecular formula is C12H21N3O. The average molecular weight is 223 g/mol. The Kier molecular flexibility index (Phi) is 3.61. The first-order chi connectivity index (χ1) is 7.69. The second kappa shape index (κ2) is 4.97. The van der Waals surface area contributed by atoms with Crippen LogP contribution >= 0.6 is 0 Å². The molecule has 4 heteroatoms. The Bertz CT molecular complexity index is 337. The fraction of sp³-hybridized carbons (Fsp3) is 0.750. The highest BCUT2D eigenvalue weighted by atomic mass is 16.4. The second-order valence-corrected chi connectivity index (χ2v) is 4.76. The van der Waals surface area contributed by atoms with Crippen molar-refractivity contribution in [3.05, 3.63) is 17.8 Å². The predicted molar refractivity (Wildman–Crippen MR) is 63.1 cm³/mol. The van der Waals surface area contributed by atoms with E-state index >= 15 is 0 Å². The molecule has 1 aliphatic heterocycles. The van der Waals surface area contributed by atoms with E-state index in [2.05, 4.69) is 22.1 Å². The second-order valence-electron chi connectivity index (χ2n) is 4.76. The van der Waals surface area contributed by atoms with Gasteiger partial charge in [0.1, 0.15) is 5.76 Å². The first kappa shape index (κ1) is 11.6.